The van der Waals surface area contributed by atoms with Crippen LogP contribution < -0.4 is 4.90 Å². The molecule has 0 N–H and O–H groups in total. The average molecular weight is 781 g/mol. The van der Waals surface area contributed by atoms with Gasteiger partial charge in [-0.05, 0) is 98.6 Å². The van der Waals surface area contributed by atoms with E-state index in [0.717, 1.165) is 39.4 Å². The Labute approximate surface area is 358 Å². The summed E-state index contributed by atoms with van der Waals surface area (Å²) in [4.78, 5) is 2.49. The Hall–Kier alpha value is -7.68. The van der Waals surface area contributed by atoms with Crippen LogP contribution in [0.4, 0.5) is 17.1 Å². The van der Waals surface area contributed by atoms with E-state index >= 15 is 0 Å². The molecule has 1 heterocycles. The third-order valence-corrected chi connectivity index (χ3v) is 12.6. The molecule has 10 aromatic rings. The zero-order valence-electron chi connectivity index (χ0n) is 34.3. The molecule has 0 aliphatic heterocycles. The van der Waals surface area contributed by atoms with Crippen molar-refractivity contribution in [1.29, 1.82) is 0 Å². The summed E-state index contributed by atoms with van der Waals surface area (Å²) in [5, 5.41) is 2.46. The van der Waals surface area contributed by atoms with E-state index in [1.807, 2.05) is 0 Å². The van der Waals surface area contributed by atoms with Crippen molar-refractivity contribution in [3.63, 3.8) is 0 Å². The minimum Gasteiger partial charge on any atom is -0.310 e. The molecule has 0 unspecified atom stereocenters. The molecule has 0 atom stereocenters. The summed E-state index contributed by atoms with van der Waals surface area (Å²) in [7, 11) is 0. The molecule has 1 aliphatic carbocycles. The fourth-order valence-corrected chi connectivity index (χ4v) is 9.81. The summed E-state index contributed by atoms with van der Waals surface area (Å²) in [6.45, 7) is 4.71. The molecule has 2 nitrogen and oxygen atoms in total. The van der Waals surface area contributed by atoms with E-state index in [-0.39, 0.29) is 5.41 Å². The van der Waals surface area contributed by atoms with Crippen LogP contribution >= 0.6 is 0 Å². The van der Waals surface area contributed by atoms with E-state index in [0.29, 0.717) is 0 Å². The summed E-state index contributed by atoms with van der Waals surface area (Å²) < 4.78 is 2.41. The number of hydrogen-bond donors (Lipinski definition) is 0. The van der Waals surface area contributed by atoms with Crippen LogP contribution in [0.3, 0.4) is 0 Å². The van der Waals surface area contributed by atoms with Crippen LogP contribution in [0, 0.1) is 0 Å². The van der Waals surface area contributed by atoms with Crippen molar-refractivity contribution in [2.45, 2.75) is 19.3 Å². The molecule has 0 spiro atoms. The molecule has 2 heteroatoms. The van der Waals surface area contributed by atoms with Crippen molar-refractivity contribution in [3.8, 4) is 16.8 Å². The first-order valence-corrected chi connectivity index (χ1v) is 21.2. The molecule has 0 saturated carbocycles. The Morgan fingerprint density at radius 1 is 0.393 bits per heavy atom. The lowest BCUT2D eigenvalue weighted by molar-refractivity contribution is 0.660. The highest BCUT2D eigenvalue weighted by Crippen LogP contribution is 2.52. The summed E-state index contributed by atoms with van der Waals surface area (Å²) >= 11 is 0. The second-order valence-electron chi connectivity index (χ2n) is 16.5. The monoisotopic (exact) mass is 780 g/mol. The molecule has 61 heavy (non-hydrogen) atoms. The second kappa shape index (κ2) is 14.9. The van der Waals surface area contributed by atoms with E-state index < -0.39 is 0 Å². The van der Waals surface area contributed by atoms with E-state index in [1.54, 1.807) is 0 Å². The molecular formula is C59H44N2. The van der Waals surface area contributed by atoms with Gasteiger partial charge >= 0.3 is 0 Å². The van der Waals surface area contributed by atoms with Gasteiger partial charge in [-0.2, -0.15) is 0 Å². The normalized spacial score (nSPS) is 12.6. The summed E-state index contributed by atoms with van der Waals surface area (Å²) in [5.74, 6) is 0. The minimum absolute atomic E-state index is 0.105. The summed E-state index contributed by atoms with van der Waals surface area (Å²) in [6.07, 6.45) is 0. The maximum absolute atomic E-state index is 2.49. The first-order chi connectivity index (χ1) is 30.1. The largest absolute Gasteiger partial charge is 0.310 e. The van der Waals surface area contributed by atoms with Crippen LogP contribution in [0.15, 0.2) is 231 Å². The van der Waals surface area contributed by atoms with Crippen LogP contribution in [0.25, 0.3) is 49.8 Å². The molecule has 1 aliphatic rings. The molecular weight excluding hydrogens is 737 g/mol. The van der Waals surface area contributed by atoms with Crippen LogP contribution in [-0.2, 0) is 5.41 Å². The van der Waals surface area contributed by atoms with Gasteiger partial charge in [-0.15, -0.1) is 0 Å². The van der Waals surface area contributed by atoms with Crippen molar-refractivity contribution >= 4 is 50.0 Å². The molecule has 0 radical (unpaired) electrons. The van der Waals surface area contributed by atoms with Crippen LogP contribution in [-0.4, -0.2) is 4.57 Å². The highest BCUT2D eigenvalue weighted by molar-refractivity contribution is 6.11. The van der Waals surface area contributed by atoms with Gasteiger partial charge in [0.05, 0.1) is 16.7 Å². The molecule has 0 saturated heterocycles. The van der Waals surface area contributed by atoms with Gasteiger partial charge in [0.15, 0.2) is 0 Å². The molecule has 290 valence electrons. The number of fused-ring (bicyclic) bond motifs is 6. The van der Waals surface area contributed by atoms with Crippen LogP contribution in [0.5, 0.6) is 0 Å². The number of nitrogens with zero attached hydrogens (tertiary/aromatic N) is 2. The number of benzene rings is 9. The third-order valence-electron chi connectivity index (χ3n) is 12.6. The predicted octanol–water partition coefficient (Wildman–Crippen LogP) is 15.6. The molecule has 9 aromatic carbocycles. The maximum Gasteiger partial charge on any atom is 0.0561 e. The molecule has 0 amide bonds. The topological polar surface area (TPSA) is 8.17 Å². The van der Waals surface area contributed by atoms with E-state index in [2.05, 4.69) is 254 Å². The van der Waals surface area contributed by atoms with Crippen molar-refractivity contribution in [3.05, 3.63) is 264 Å². The highest BCUT2D eigenvalue weighted by Gasteiger charge is 2.36. The average Bonchev–Trinajstić information content (AvgIpc) is 3.77. The summed E-state index contributed by atoms with van der Waals surface area (Å²) in [5.41, 5.74) is 19.0. The van der Waals surface area contributed by atoms with Gasteiger partial charge in [-0.1, -0.05) is 196 Å². The smallest absolute Gasteiger partial charge is 0.0561 e. The van der Waals surface area contributed by atoms with Gasteiger partial charge in [0.1, 0.15) is 0 Å². The Kier molecular flexibility index (Phi) is 8.86. The van der Waals surface area contributed by atoms with Crippen molar-refractivity contribution < 1.29 is 0 Å². The van der Waals surface area contributed by atoms with Crippen molar-refractivity contribution in [1.82, 2.24) is 4.57 Å². The van der Waals surface area contributed by atoms with Crippen molar-refractivity contribution in [2.24, 2.45) is 0 Å². The van der Waals surface area contributed by atoms with Gasteiger partial charge in [0.2, 0.25) is 0 Å². The highest BCUT2D eigenvalue weighted by atomic mass is 15.1. The van der Waals surface area contributed by atoms with Gasteiger partial charge in [0.25, 0.3) is 0 Å². The Morgan fingerprint density at radius 3 is 1.61 bits per heavy atom. The first-order valence-electron chi connectivity index (χ1n) is 21.2. The van der Waals surface area contributed by atoms with E-state index in [1.165, 1.54) is 60.8 Å². The number of anilines is 3. The maximum atomic E-state index is 2.49. The lowest BCUT2D eigenvalue weighted by Crippen LogP contribution is -2.16. The van der Waals surface area contributed by atoms with Crippen LogP contribution in [0.1, 0.15) is 47.2 Å². The standard InChI is InChI=1S/C59H44N2/c1-59(2)52-32-18-15-29-47(52)51-39-45(36-38-53(51)59)60(46-35-37-49-48-30-16-19-33-54(48)61(56(49)40-46)44-27-13-6-14-28-44)55-34-20-17-31-50(55)58(43-25-11-5-12-26-43)57(41-21-7-3-8-22-41)42-23-9-4-10-24-42/h3-40H,1-2H3. The van der Waals surface area contributed by atoms with Gasteiger partial charge < -0.3 is 9.47 Å². The SMILES string of the molecule is CC1(C)c2ccccc2-c2cc(N(c3ccc4c5ccccc5n(-c5ccccc5)c4c3)c3ccccc3C(=C(c3ccccc3)c3ccccc3)c3ccccc3)ccc21. The number of hydrogen-bond acceptors (Lipinski definition) is 1. The van der Waals surface area contributed by atoms with E-state index in [4.69, 9.17) is 0 Å². The quantitative estimate of drug-likeness (QED) is 0.139. The van der Waals surface area contributed by atoms with E-state index in [9.17, 15) is 0 Å². The second-order valence-corrected chi connectivity index (χ2v) is 16.5. The van der Waals surface area contributed by atoms with Gasteiger partial charge in [-0.3, -0.25) is 0 Å². The van der Waals surface area contributed by atoms with Crippen LogP contribution in [0.2, 0.25) is 0 Å². The minimum atomic E-state index is -0.105. The lowest BCUT2D eigenvalue weighted by atomic mass is 9.82. The Balaban J connectivity index is 1.24. The van der Waals surface area contributed by atoms with Gasteiger partial charge in [0, 0.05) is 38.8 Å². The Bertz CT molecular complexity index is 3210. The third kappa shape index (κ3) is 6.10. The lowest BCUT2D eigenvalue weighted by Gasteiger charge is -2.30. The summed E-state index contributed by atoms with van der Waals surface area (Å²) in [6, 6.07) is 84.2. The molecule has 0 bridgehead atoms. The zero-order chi connectivity index (χ0) is 40.9. The molecule has 0 fully saturated rings. The number of aromatic nitrogens is 1. The molecule has 1 aromatic heterocycles. The first kappa shape index (κ1) is 36.4. The molecule has 11 rings (SSSR count). The Morgan fingerprint density at radius 2 is 0.902 bits per heavy atom. The van der Waals surface area contributed by atoms with Gasteiger partial charge in [-0.25, -0.2) is 0 Å². The van der Waals surface area contributed by atoms with Crippen molar-refractivity contribution in [2.75, 3.05) is 4.90 Å². The fourth-order valence-electron chi connectivity index (χ4n) is 9.81. The zero-order valence-corrected chi connectivity index (χ0v) is 34.3. The predicted molar refractivity (Wildman–Crippen MR) is 257 cm³/mol. The number of para-hydroxylation sites is 3. The fraction of sp³-hybridized carbons (Fsp3) is 0.0508. The number of rotatable bonds is 8.